The second kappa shape index (κ2) is 6.40. The van der Waals surface area contributed by atoms with Gasteiger partial charge in [0.15, 0.2) is 0 Å². The molecule has 3 nitrogen and oxygen atoms in total. The van der Waals surface area contributed by atoms with E-state index in [9.17, 15) is 4.79 Å². The van der Waals surface area contributed by atoms with Gasteiger partial charge in [0.2, 0.25) is 0 Å². The number of carbonyl (C=O) groups is 1. The fourth-order valence-electron chi connectivity index (χ4n) is 2.21. The van der Waals surface area contributed by atoms with Crippen molar-refractivity contribution in [1.29, 1.82) is 0 Å². The van der Waals surface area contributed by atoms with E-state index < -0.39 is 0 Å². The third kappa shape index (κ3) is 3.84. The van der Waals surface area contributed by atoms with Crippen LogP contribution >= 0.6 is 0 Å². The highest BCUT2D eigenvalue weighted by Gasteiger charge is 2.37. The summed E-state index contributed by atoms with van der Waals surface area (Å²) in [5.74, 6) is 6.05. The molecule has 1 amide bonds. The van der Waals surface area contributed by atoms with Gasteiger partial charge >= 0.3 is 0 Å². The first kappa shape index (κ1) is 13.6. The zero-order valence-corrected chi connectivity index (χ0v) is 11.1. The van der Waals surface area contributed by atoms with Crippen LogP contribution < -0.4 is 5.32 Å². The van der Waals surface area contributed by atoms with Gasteiger partial charge in [-0.15, -0.1) is 0 Å². The van der Waals surface area contributed by atoms with Gasteiger partial charge in [0, 0.05) is 17.2 Å². The second-order valence-corrected chi connectivity index (χ2v) is 4.90. The van der Waals surface area contributed by atoms with Gasteiger partial charge in [-0.2, -0.15) is 0 Å². The van der Waals surface area contributed by atoms with Gasteiger partial charge < -0.3 is 10.4 Å². The molecule has 1 aliphatic rings. The second-order valence-electron chi connectivity index (χ2n) is 4.90. The highest BCUT2D eigenvalue weighted by molar-refractivity contribution is 5.94. The van der Waals surface area contributed by atoms with Crippen LogP contribution in [0.1, 0.15) is 42.1 Å². The van der Waals surface area contributed by atoms with Crippen LogP contribution in [0.15, 0.2) is 24.3 Å². The molecule has 0 saturated heterocycles. The summed E-state index contributed by atoms with van der Waals surface area (Å²) in [5.41, 5.74) is 1.47. The smallest absolute Gasteiger partial charge is 0.251 e. The van der Waals surface area contributed by atoms with E-state index in [1.54, 1.807) is 24.3 Å². The molecule has 2 atom stereocenters. The average molecular weight is 257 g/mol. The molecule has 1 aliphatic carbocycles. The van der Waals surface area contributed by atoms with Gasteiger partial charge in [-0.25, -0.2) is 0 Å². The molecule has 0 bridgehead atoms. The maximum atomic E-state index is 12.0. The van der Waals surface area contributed by atoms with Crippen molar-refractivity contribution in [2.45, 2.75) is 32.2 Å². The summed E-state index contributed by atoms with van der Waals surface area (Å²) >= 11 is 0. The number of benzene rings is 1. The standard InChI is InChI=1S/C16H19NO2/c1-2-4-14-11-15(14)17-16(19)13-8-6-12(7-9-13)5-3-10-18/h6-9,14-15,18H,2,4,10-11H2,1H3,(H,17,19). The molecule has 3 heteroatoms. The Labute approximate surface area is 114 Å². The fourth-order valence-corrected chi connectivity index (χ4v) is 2.21. The van der Waals surface area contributed by atoms with Crippen LogP contribution in [0.3, 0.4) is 0 Å². The number of hydrogen-bond acceptors (Lipinski definition) is 2. The van der Waals surface area contributed by atoms with Gasteiger partial charge in [0.25, 0.3) is 5.91 Å². The number of rotatable bonds is 4. The van der Waals surface area contributed by atoms with Crippen molar-refractivity contribution < 1.29 is 9.90 Å². The maximum absolute atomic E-state index is 12.0. The number of aliphatic hydroxyl groups excluding tert-OH is 1. The van der Waals surface area contributed by atoms with Gasteiger partial charge in [0.05, 0.1) is 0 Å². The molecule has 1 aromatic rings. The Morgan fingerprint density at radius 2 is 2.16 bits per heavy atom. The molecule has 0 heterocycles. The summed E-state index contributed by atoms with van der Waals surface area (Å²) in [6.07, 6.45) is 3.48. The molecule has 2 unspecified atom stereocenters. The molecule has 1 saturated carbocycles. The molecule has 2 rings (SSSR count). The Hall–Kier alpha value is -1.79. The van der Waals surface area contributed by atoms with E-state index in [2.05, 4.69) is 24.1 Å². The van der Waals surface area contributed by atoms with E-state index in [0.29, 0.717) is 17.5 Å². The topological polar surface area (TPSA) is 49.3 Å². The zero-order chi connectivity index (χ0) is 13.7. The largest absolute Gasteiger partial charge is 0.384 e. The van der Waals surface area contributed by atoms with Gasteiger partial charge in [-0.05, 0) is 43.0 Å². The first-order valence-corrected chi connectivity index (χ1v) is 6.75. The van der Waals surface area contributed by atoms with Crippen LogP contribution in [-0.2, 0) is 0 Å². The van der Waals surface area contributed by atoms with Crippen molar-refractivity contribution in [3.05, 3.63) is 35.4 Å². The normalized spacial score (nSPS) is 20.3. The van der Waals surface area contributed by atoms with Crippen molar-refractivity contribution in [3.63, 3.8) is 0 Å². The van der Waals surface area contributed by atoms with Gasteiger partial charge in [-0.3, -0.25) is 4.79 Å². The van der Waals surface area contributed by atoms with Gasteiger partial charge in [-0.1, -0.05) is 25.2 Å². The molecule has 19 heavy (non-hydrogen) atoms. The summed E-state index contributed by atoms with van der Waals surface area (Å²) in [4.78, 5) is 12.0. The third-order valence-corrected chi connectivity index (χ3v) is 3.36. The van der Waals surface area contributed by atoms with E-state index in [1.807, 2.05) is 0 Å². The van der Waals surface area contributed by atoms with Gasteiger partial charge in [0.1, 0.15) is 6.61 Å². The molecular formula is C16H19NO2. The molecule has 0 aromatic heterocycles. The van der Waals surface area contributed by atoms with Crippen molar-refractivity contribution in [3.8, 4) is 11.8 Å². The third-order valence-electron chi connectivity index (χ3n) is 3.36. The lowest BCUT2D eigenvalue weighted by molar-refractivity contribution is 0.0949. The highest BCUT2D eigenvalue weighted by atomic mass is 16.2. The van der Waals surface area contributed by atoms with Crippen LogP contribution in [0.25, 0.3) is 0 Å². The molecule has 0 aliphatic heterocycles. The molecule has 2 N–H and O–H groups in total. The minimum Gasteiger partial charge on any atom is -0.384 e. The predicted molar refractivity (Wildman–Crippen MR) is 74.7 cm³/mol. The van der Waals surface area contributed by atoms with E-state index in [0.717, 1.165) is 12.0 Å². The molecule has 0 radical (unpaired) electrons. The number of hydrogen-bond donors (Lipinski definition) is 2. The number of aliphatic hydroxyl groups is 1. The quantitative estimate of drug-likeness (QED) is 0.810. The van der Waals surface area contributed by atoms with Crippen LogP contribution in [-0.4, -0.2) is 23.7 Å². The van der Waals surface area contributed by atoms with E-state index in [-0.39, 0.29) is 12.5 Å². The van der Waals surface area contributed by atoms with Crippen molar-refractivity contribution in [1.82, 2.24) is 5.32 Å². The fraction of sp³-hybridized carbons (Fsp3) is 0.438. The molecule has 1 aromatic carbocycles. The van der Waals surface area contributed by atoms with Crippen LogP contribution in [0.2, 0.25) is 0 Å². The number of amides is 1. The SMILES string of the molecule is CCCC1CC1NC(=O)c1ccc(C#CCO)cc1. The molecule has 1 fully saturated rings. The summed E-state index contributed by atoms with van der Waals surface area (Å²) < 4.78 is 0. The predicted octanol–water partition coefficient (Wildman–Crippen LogP) is 1.95. The monoisotopic (exact) mass is 257 g/mol. The summed E-state index contributed by atoms with van der Waals surface area (Å²) in [6.45, 7) is 2.02. The Balaban J connectivity index is 1.89. The molecule has 0 spiro atoms. The summed E-state index contributed by atoms with van der Waals surface area (Å²) in [6, 6.07) is 7.51. The summed E-state index contributed by atoms with van der Waals surface area (Å²) in [7, 11) is 0. The first-order valence-electron chi connectivity index (χ1n) is 6.75. The minimum atomic E-state index is -0.150. The first-order chi connectivity index (χ1) is 9.24. The lowest BCUT2D eigenvalue weighted by Gasteiger charge is -2.04. The lowest BCUT2D eigenvalue weighted by Crippen LogP contribution is -2.26. The zero-order valence-electron chi connectivity index (χ0n) is 11.1. The average Bonchev–Trinajstić information content (AvgIpc) is 3.15. The highest BCUT2D eigenvalue weighted by Crippen LogP contribution is 2.34. The van der Waals surface area contributed by atoms with E-state index >= 15 is 0 Å². The Bertz CT molecular complexity index is 496. The molecular weight excluding hydrogens is 238 g/mol. The van der Waals surface area contributed by atoms with E-state index in [4.69, 9.17) is 5.11 Å². The number of carbonyl (C=O) groups excluding carboxylic acids is 1. The summed E-state index contributed by atoms with van der Waals surface area (Å²) in [5, 5.41) is 11.7. The minimum absolute atomic E-state index is 0.00901. The van der Waals surface area contributed by atoms with Crippen LogP contribution in [0.5, 0.6) is 0 Å². The number of nitrogens with one attached hydrogen (secondary N) is 1. The van der Waals surface area contributed by atoms with Crippen LogP contribution in [0, 0.1) is 17.8 Å². The maximum Gasteiger partial charge on any atom is 0.251 e. The van der Waals surface area contributed by atoms with Crippen molar-refractivity contribution in [2.75, 3.05) is 6.61 Å². The lowest BCUT2D eigenvalue weighted by atomic mass is 10.1. The van der Waals surface area contributed by atoms with Crippen LogP contribution in [0.4, 0.5) is 0 Å². The molecule has 100 valence electrons. The Kier molecular flexibility index (Phi) is 4.59. The van der Waals surface area contributed by atoms with Crippen molar-refractivity contribution in [2.24, 2.45) is 5.92 Å². The van der Waals surface area contributed by atoms with E-state index in [1.165, 1.54) is 12.8 Å². The Morgan fingerprint density at radius 1 is 1.42 bits per heavy atom. The van der Waals surface area contributed by atoms with Crippen molar-refractivity contribution >= 4 is 5.91 Å². The Morgan fingerprint density at radius 3 is 2.79 bits per heavy atom.